The standard InChI is InChI=1S/C19H33N5S.HI/c1-3-20-19(21-9-7-18-22-13-16(2)25-18)24-12-8-17(15-24)14-23-10-5-4-6-11-23;/h13,17H,3-12,14-15H2,1-2H3,(H,20,21);1H. The Balaban J connectivity index is 0.00000243. The molecule has 0 aromatic carbocycles. The summed E-state index contributed by atoms with van der Waals surface area (Å²) >= 11 is 1.78. The van der Waals surface area contributed by atoms with E-state index in [1.54, 1.807) is 11.3 Å². The third-order valence-corrected chi connectivity index (χ3v) is 6.11. The van der Waals surface area contributed by atoms with Crippen LogP contribution in [0, 0.1) is 12.8 Å². The molecule has 1 atom stereocenters. The molecule has 1 unspecified atom stereocenters. The molecule has 148 valence electrons. The van der Waals surface area contributed by atoms with E-state index in [-0.39, 0.29) is 24.0 Å². The molecule has 26 heavy (non-hydrogen) atoms. The van der Waals surface area contributed by atoms with Crippen LogP contribution >= 0.6 is 35.3 Å². The van der Waals surface area contributed by atoms with Gasteiger partial charge in [-0.25, -0.2) is 4.98 Å². The number of hydrogen-bond acceptors (Lipinski definition) is 4. The smallest absolute Gasteiger partial charge is 0.193 e. The largest absolute Gasteiger partial charge is 0.357 e. The minimum Gasteiger partial charge on any atom is -0.357 e. The van der Waals surface area contributed by atoms with Crippen LogP contribution in [0.4, 0.5) is 0 Å². The van der Waals surface area contributed by atoms with Crippen LogP contribution in [-0.4, -0.2) is 66.6 Å². The van der Waals surface area contributed by atoms with E-state index in [0.717, 1.165) is 44.5 Å². The first-order valence-electron chi connectivity index (χ1n) is 9.91. The van der Waals surface area contributed by atoms with Crippen LogP contribution < -0.4 is 5.32 Å². The molecule has 3 heterocycles. The van der Waals surface area contributed by atoms with E-state index in [1.165, 1.54) is 55.2 Å². The van der Waals surface area contributed by atoms with Crippen LogP contribution in [-0.2, 0) is 6.42 Å². The average molecular weight is 491 g/mol. The van der Waals surface area contributed by atoms with Crippen molar-refractivity contribution in [3.63, 3.8) is 0 Å². The topological polar surface area (TPSA) is 43.8 Å². The van der Waals surface area contributed by atoms with E-state index >= 15 is 0 Å². The first-order chi connectivity index (χ1) is 12.2. The molecule has 2 fully saturated rings. The van der Waals surface area contributed by atoms with Gasteiger partial charge in [-0.05, 0) is 52.1 Å². The number of halogens is 1. The number of piperidine rings is 1. The summed E-state index contributed by atoms with van der Waals surface area (Å²) < 4.78 is 0. The van der Waals surface area contributed by atoms with E-state index in [2.05, 4.69) is 33.9 Å². The Morgan fingerprint density at radius 1 is 1.31 bits per heavy atom. The maximum absolute atomic E-state index is 4.87. The highest BCUT2D eigenvalue weighted by Crippen LogP contribution is 2.20. The second kappa shape index (κ2) is 11.4. The molecule has 1 aromatic rings. The summed E-state index contributed by atoms with van der Waals surface area (Å²) in [6.45, 7) is 12.2. The fourth-order valence-electron chi connectivity index (χ4n) is 3.88. The lowest BCUT2D eigenvalue weighted by atomic mass is 10.1. The zero-order valence-electron chi connectivity index (χ0n) is 16.2. The quantitative estimate of drug-likeness (QED) is 0.377. The Hall–Kier alpha value is -0.410. The lowest BCUT2D eigenvalue weighted by molar-refractivity contribution is 0.198. The fraction of sp³-hybridized carbons (Fsp3) is 0.789. The van der Waals surface area contributed by atoms with Crippen molar-refractivity contribution in [1.29, 1.82) is 0 Å². The molecule has 0 radical (unpaired) electrons. The number of thiazole rings is 1. The van der Waals surface area contributed by atoms with E-state index < -0.39 is 0 Å². The lowest BCUT2D eigenvalue weighted by Gasteiger charge is -2.29. The molecule has 7 heteroatoms. The molecule has 5 nitrogen and oxygen atoms in total. The van der Waals surface area contributed by atoms with Crippen molar-refractivity contribution in [2.24, 2.45) is 10.9 Å². The number of nitrogens with zero attached hydrogens (tertiary/aromatic N) is 4. The maximum Gasteiger partial charge on any atom is 0.193 e. The molecule has 0 spiro atoms. The zero-order valence-corrected chi connectivity index (χ0v) is 19.4. The summed E-state index contributed by atoms with van der Waals surface area (Å²) in [6.07, 6.45) is 8.39. The molecule has 0 saturated carbocycles. The normalized spacial score (nSPS) is 21.7. The van der Waals surface area contributed by atoms with Crippen LogP contribution in [0.2, 0.25) is 0 Å². The Morgan fingerprint density at radius 2 is 2.12 bits per heavy atom. The van der Waals surface area contributed by atoms with Gasteiger partial charge < -0.3 is 15.1 Å². The molecular formula is C19H34IN5S. The molecule has 0 amide bonds. The van der Waals surface area contributed by atoms with Crippen molar-refractivity contribution >= 4 is 41.3 Å². The number of aryl methyl sites for hydroxylation is 1. The van der Waals surface area contributed by atoms with Gasteiger partial charge in [0.05, 0.1) is 5.01 Å². The molecule has 1 N–H and O–H groups in total. The summed E-state index contributed by atoms with van der Waals surface area (Å²) in [7, 11) is 0. The third-order valence-electron chi connectivity index (χ3n) is 5.14. The van der Waals surface area contributed by atoms with Gasteiger partial charge in [-0.3, -0.25) is 4.99 Å². The molecule has 0 aliphatic carbocycles. The van der Waals surface area contributed by atoms with Crippen molar-refractivity contribution in [3.8, 4) is 0 Å². The number of rotatable bonds is 6. The predicted octanol–water partition coefficient (Wildman–Crippen LogP) is 3.39. The Labute approximate surface area is 179 Å². The Bertz CT molecular complexity index is 556. The highest BCUT2D eigenvalue weighted by molar-refractivity contribution is 14.0. The Kier molecular flexibility index (Phi) is 9.63. The number of likely N-dealkylation sites (tertiary alicyclic amines) is 2. The number of nitrogens with one attached hydrogen (secondary N) is 1. The second-order valence-electron chi connectivity index (χ2n) is 7.31. The number of aliphatic imine (C=N–C) groups is 1. The van der Waals surface area contributed by atoms with E-state index in [1.807, 2.05) is 6.20 Å². The second-order valence-corrected chi connectivity index (χ2v) is 8.63. The van der Waals surface area contributed by atoms with Crippen molar-refractivity contribution in [1.82, 2.24) is 20.1 Å². The van der Waals surface area contributed by atoms with Crippen molar-refractivity contribution < 1.29 is 0 Å². The van der Waals surface area contributed by atoms with Gasteiger partial charge in [0.15, 0.2) is 5.96 Å². The Morgan fingerprint density at radius 3 is 2.81 bits per heavy atom. The summed E-state index contributed by atoms with van der Waals surface area (Å²) in [6, 6.07) is 0. The van der Waals surface area contributed by atoms with E-state index in [4.69, 9.17) is 4.99 Å². The first kappa shape index (κ1) is 21.9. The van der Waals surface area contributed by atoms with Gasteiger partial charge in [-0.2, -0.15) is 0 Å². The van der Waals surface area contributed by atoms with Crippen molar-refractivity contribution in [3.05, 3.63) is 16.1 Å². The highest BCUT2D eigenvalue weighted by Gasteiger charge is 2.26. The minimum absolute atomic E-state index is 0. The van der Waals surface area contributed by atoms with Crippen LogP contribution in [0.5, 0.6) is 0 Å². The lowest BCUT2D eigenvalue weighted by Crippen LogP contribution is -2.41. The van der Waals surface area contributed by atoms with Crippen molar-refractivity contribution in [2.45, 2.75) is 46.0 Å². The molecule has 2 saturated heterocycles. The summed E-state index contributed by atoms with van der Waals surface area (Å²) in [5.74, 6) is 1.89. The summed E-state index contributed by atoms with van der Waals surface area (Å²) in [5.41, 5.74) is 0. The van der Waals surface area contributed by atoms with Crippen LogP contribution in [0.15, 0.2) is 11.2 Å². The molecule has 0 bridgehead atoms. The zero-order chi connectivity index (χ0) is 17.5. The average Bonchev–Trinajstić information content (AvgIpc) is 3.24. The highest BCUT2D eigenvalue weighted by atomic mass is 127. The van der Waals surface area contributed by atoms with E-state index in [0.29, 0.717) is 0 Å². The van der Waals surface area contributed by atoms with Gasteiger partial charge >= 0.3 is 0 Å². The third kappa shape index (κ3) is 6.64. The molecule has 2 aliphatic rings. The van der Waals surface area contributed by atoms with Gasteiger partial charge in [-0.15, -0.1) is 35.3 Å². The molecule has 3 rings (SSSR count). The SMILES string of the molecule is CCNC(=NCCc1ncc(C)s1)N1CCC(CN2CCCCC2)C1.I. The van der Waals surface area contributed by atoms with Crippen LogP contribution in [0.25, 0.3) is 0 Å². The number of hydrogen-bond donors (Lipinski definition) is 1. The van der Waals surface area contributed by atoms with Gasteiger partial charge in [0.1, 0.15) is 0 Å². The molecule has 1 aromatic heterocycles. The fourth-order valence-corrected chi connectivity index (χ4v) is 4.66. The monoisotopic (exact) mass is 491 g/mol. The maximum atomic E-state index is 4.87. The summed E-state index contributed by atoms with van der Waals surface area (Å²) in [5, 5.41) is 4.68. The van der Waals surface area contributed by atoms with Gasteiger partial charge in [0.2, 0.25) is 0 Å². The minimum atomic E-state index is 0. The van der Waals surface area contributed by atoms with Gasteiger partial charge in [0, 0.05) is 50.2 Å². The van der Waals surface area contributed by atoms with Crippen LogP contribution in [0.3, 0.4) is 0 Å². The number of guanidine groups is 1. The first-order valence-corrected chi connectivity index (χ1v) is 10.7. The predicted molar refractivity (Wildman–Crippen MR) is 122 cm³/mol. The molecule has 2 aliphatic heterocycles. The van der Waals surface area contributed by atoms with Gasteiger partial charge in [0.25, 0.3) is 0 Å². The molecular weight excluding hydrogens is 457 g/mol. The van der Waals surface area contributed by atoms with Crippen molar-refractivity contribution in [2.75, 3.05) is 45.8 Å². The number of aromatic nitrogens is 1. The van der Waals surface area contributed by atoms with E-state index in [9.17, 15) is 0 Å². The summed E-state index contributed by atoms with van der Waals surface area (Å²) in [4.78, 5) is 15.7. The van der Waals surface area contributed by atoms with Gasteiger partial charge in [-0.1, -0.05) is 6.42 Å². The van der Waals surface area contributed by atoms with Crippen LogP contribution in [0.1, 0.15) is 42.5 Å².